The van der Waals surface area contributed by atoms with Crippen molar-refractivity contribution in [1.82, 2.24) is 19.5 Å². The molecule has 1 aliphatic heterocycles. The third-order valence-corrected chi connectivity index (χ3v) is 7.28. The zero-order valence-corrected chi connectivity index (χ0v) is 20.3. The van der Waals surface area contributed by atoms with E-state index in [0.717, 1.165) is 0 Å². The van der Waals surface area contributed by atoms with Crippen molar-refractivity contribution in [1.29, 1.82) is 5.26 Å². The molecule has 3 heterocycles. The molecule has 12 heteroatoms. The van der Waals surface area contributed by atoms with E-state index in [1.54, 1.807) is 26.0 Å². The van der Waals surface area contributed by atoms with Crippen LogP contribution in [0, 0.1) is 16.7 Å². The van der Waals surface area contributed by atoms with Gasteiger partial charge in [-0.05, 0) is 51.3 Å². The molecule has 3 aromatic rings. The normalized spacial score (nSPS) is 24.5. The molecule has 2 aromatic heterocycles. The Morgan fingerprint density at radius 2 is 1.97 bits per heavy atom. The summed E-state index contributed by atoms with van der Waals surface area (Å²) in [6.45, 7) is 2.57. The molecular formula is C25H25F3N6O3. The number of aromatic nitrogens is 4. The summed E-state index contributed by atoms with van der Waals surface area (Å²) < 4.78 is 51.4. The van der Waals surface area contributed by atoms with E-state index in [0.29, 0.717) is 22.3 Å². The number of anilines is 1. The van der Waals surface area contributed by atoms with Crippen molar-refractivity contribution in [2.24, 2.45) is 5.41 Å². The molecule has 1 saturated heterocycles. The van der Waals surface area contributed by atoms with E-state index in [4.69, 9.17) is 4.74 Å². The Kier molecular flexibility index (Phi) is 5.67. The largest absolute Gasteiger partial charge is 0.441 e. The molecule has 2 fully saturated rings. The molecule has 194 valence electrons. The monoisotopic (exact) mass is 514 g/mol. The minimum atomic E-state index is -4.59. The lowest BCUT2D eigenvalue weighted by molar-refractivity contribution is -0.255. The first-order valence-corrected chi connectivity index (χ1v) is 11.8. The highest BCUT2D eigenvalue weighted by atomic mass is 19.4. The third kappa shape index (κ3) is 4.37. The summed E-state index contributed by atoms with van der Waals surface area (Å²) in [7, 11) is 0. The van der Waals surface area contributed by atoms with E-state index < -0.39 is 41.9 Å². The van der Waals surface area contributed by atoms with Gasteiger partial charge in [-0.2, -0.15) is 18.4 Å². The van der Waals surface area contributed by atoms with Gasteiger partial charge in [0.1, 0.15) is 11.2 Å². The summed E-state index contributed by atoms with van der Waals surface area (Å²) in [6.07, 6.45) is -1.44. The van der Waals surface area contributed by atoms with E-state index in [9.17, 15) is 28.3 Å². The van der Waals surface area contributed by atoms with Crippen LogP contribution in [0.4, 0.5) is 23.8 Å². The van der Waals surface area contributed by atoms with Crippen molar-refractivity contribution in [2.75, 3.05) is 11.4 Å². The number of fused-ring (bicyclic) bond motifs is 1. The van der Waals surface area contributed by atoms with Gasteiger partial charge in [-0.3, -0.25) is 9.88 Å². The first kappa shape index (κ1) is 25.0. The lowest BCUT2D eigenvalue weighted by Crippen LogP contribution is -2.52. The number of nitriles is 1. The fraction of sp³-hybridized carbons (Fsp3) is 0.480. The third-order valence-electron chi connectivity index (χ3n) is 7.28. The number of nitrogens with zero attached hydrogens (tertiary/aromatic N) is 6. The van der Waals surface area contributed by atoms with Gasteiger partial charge in [0.2, 0.25) is 0 Å². The van der Waals surface area contributed by atoms with Crippen molar-refractivity contribution in [3.63, 3.8) is 0 Å². The Balaban J connectivity index is 1.45. The van der Waals surface area contributed by atoms with Gasteiger partial charge in [0.05, 0.1) is 59.0 Å². The number of benzene rings is 1. The van der Waals surface area contributed by atoms with Crippen LogP contribution in [0.3, 0.4) is 0 Å². The van der Waals surface area contributed by atoms with Crippen LogP contribution in [-0.2, 0) is 16.9 Å². The van der Waals surface area contributed by atoms with Crippen LogP contribution in [0.15, 0.2) is 36.9 Å². The number of ether oxygens (including phenoxy) is 1. The molecule has 1 spiro atoms. The number of alkyl halides is 3. The van der Waals surface area contributed by atoms with Crippen molar-refractivity contribution in [2.45, 2.75) is 63.5 Å². The standard InChI is InChI=1S/C25H25F3N6O3/c1-22(2,36)19-10-31-20(11-30-19)34-14-24(37-21(34)35)7-3-6-23(12-24,25(26,27)28)13-33-15-32-17-5-4-16(9-29)8-18(17)33/h4-5,8,10-11,15,36H,3,6-7,12-14H2,1-2H3/t23-,24+/m1/s1. The van der Waals surface area contributed by atoms with E-state index >= 15 is 0 Å². The van der Waals surface area contributed by atoms with Gasteiger partial charge in [0.25, 0.3) is 0 Å². The van der Waals surface area contributed by atoms with Crippen LogP contribution in [0.2, 0.25) is 0 Å². The van der Waals surface area contributed by atoms with Crippen LogP contribution in [0.25, 0.3) is 11.0 Å². The molecule has 0 bridgehead atoms. The van der Waals surface area contributed by atoms with E-state index in [1.165, 1.54) is 34.3 Å². The Morgan fingerprint density at radius 3 is 2.62 bits per heavy atom. The number of carbonyl (C=O) groups excluding carboxylic acids is 1. The Bertz CT molecular complexity index is 1390. The molecule has 37 heavy (non-hydrogen) atoms. The fourth-order valence-electron chi connectivity index (χ4n) is 5.39. The quantitative estimate of drug-likeness (QED) is 0.547. The number of rotatable bonds is 4. The van der Waals surface area contributed by atoms with Gasteiger partial charge in [0, 0.05) is 13.0 Å². The van der Waals surface area contributed by atoms with Crippen LogP contribution in [0.1, 0.15) is 50.8 Å². The lowest BCUT2D eigenvalue weighted by Gasteiger charge is -2.45. The first-order chi connectivity index (χ1) is 17.3. The maximum Gasteiger partial charge on any atom is 0.416 e. The fourth-order valence-corrected chi connectivity index (χ4v) is 5.39. The molecule has 0 unspecified atom stereocenters. The van der Waals surface area contributed by atoms with Crippen molar-refractivity contribution < 1.29 is 27.8 Å². The van der Waals surface area contributed by atoms with Crippen molar-refractivity contribution in [3.8, 4) is 6.07 Å². The second kappa shape index (κ2) is 8.41. The highest BCUT2D eigenvalue weighted by Gasteiger charge is 2.63. The van der Waals surface area contributed by atoms with Gasteiger partial charge in [-0.1, -0.05) is 0 Å². The maximum absolute atomic E-state index is 14.8. The maximum atomic E-state index is 14.8. The Labute approximate surface area is 210 Å². The number of aliphatic hydroxyl groups is 1. The molecule has 5 rings (SSSR count). The summed E-state index contributed by atoms with van der Waals surface area (Å²) in [5.74, 6) is 0.141. The molecule has 1 N–H and O–H groups in total. The highest BCUT2D eigenvalue weighted by molar-refractivity contribution is 5.89. The van der Waals surface area contributed by atoms with Crippen LogP contribution >= 0.6 is 0 Å². The van der Waals surface area contributed by atoms with Gasteiger partial charge in [0.15, 0.2) is 5.82 Å². The summed E-state index contributed by atoms with van der Waals surface area (Å²) in [6, 6.07) is 6.70. The lowest BCUT2D eigenvalue weighted by atomic mass is 9.66. The van der Waals surface area contributed by atoms with Gasteiger partial charge in [-0.15, -0.1) is 0 Å². The molecule has 1 amide bonds. The van der Waals surface area contributed by atoms with Gasteiger partial charge < -0.3 is 14.4 Å². The van der Waals surface area contributed by atoms with Crippen LogP contribution in [0.5, 0.6) is 0 Å². The summed E-state index contributed by atoms with van der Waals surface area (Å²) in [5.41, 5.74) is -3.21. The Morgan fingerprint density at radius 1 is 1.19 bits per heavy atom. The number of hydrogen-bond donors (Lipinski definition) is 1. The summed E-state index contributed by atoms with van der Waals surface area (Å²) >= 11 is 0. The average Bonchev–Trinajstić information content (AvgIpc) is 3.37. The van der Waals surface area contributed by atoms with Crippen LogP contribution in [-0.4, -0.2) is 49.0 Å². The van der Waals surface area contributed by atoms with Gasteiger partial charge in [-0.25, -0.2) is 14.8 Å². The molecule has 2 aliphatic rings. The Hall–Kier alpha value is -3.72. The van der Waals surface area contributed by atoms with E-state index in [-0.39, 0.29) is 31.6 Å². The minimum Gasteiger partial charge on any atom is -0.441 e. The van der Waals surface area contributed by atoms with E-state index in [1.807, 2.05) is 6.07 Å². The number of halogens is 3. The number of carbonyl (C=O) groups is 1. The second-order valence-electron chi connectivity index (χ2n) is 10.5. The number of hydrogen-bond acceptors (Lipinski definition) is 7. The molecule has 2 atom stereocenters. The molecule has 9 nitrogen and oxygen atoms in total. The minimum absolute atomic E-state index is 0.0938. The molecule has 1 aromatic carbocycles. The summed E-state index contributed by atoms with van der Waals surface area (Å²) in [5, 5.41) is 19.3. The smallest absolute Gasteiger partial charge is 0.416 e. The van der Waals surface area contributed by atoms with Gasteiger partial charge >= 0.3 is 12.3 Å². The number of amides is 1. The first-order valence-electron chi connectivity index (χ1n) is 11.8. The topological polar surface area (TPSA) is 117 Å². The average molecular weight is 515 g/mol. The highest BCUT2D eigenvalue weighted by Crippen LogP contribution is 2.55. The van der Waals surface area contributed by atoms with Crippen molar-refractivity contribution in [3.05, 3.63) is 48.2 Å². The van der Waals surface area contributed by atoms with Crippen molar-refractivity contribution >= 4 is 22.9 Å². The van der Waals surface area contributed by atoms with Crippen LogP contribution < -0.4 is 4.90 Å². The second-order valence-corrected chi connectivity index (χ2v) is 10.5. The predicted molar refractivity (Wildman–Crippen MR) is 125 cm³/mol. The zero-order valence-electron chi connectivity index (χ0n) is 20.3. The molecule has 1 aliphatic carbocycles. The zero-order chi connectivity index (χ0) is 26.6. The number of imidazole rings is 1. The van der Waals surface area contributed by atoms with E-state index in [2.05, 4.69) is 15.0 Å². The predicted octanol–water partition coefficient (Wildman–Crippen LogP) is 4.44. The summed E-state index contributed by atoms with van der Waals surface area (Å²) in [4.78, 5) is 26.6. The molecular weight excluding hydrogens is 489 g/mol. The molecule has 0 radical (unpaired) electrons. The molecule has 1 saturated carbocycles. The SMILES string of the molecule is CC(C)(O)c1cnc(N2C[C@@]3(CCC[C@@](Cn4cnc5ccc(C#N)cc54)(C(F)(F)F)C3)OC2=O)cn1.